The van der Waals surface area contributed by atoms with Crippen LogP contribution in [0.5, 0.6) is 5.75 Å². The zero-order valence-corrected chi connectivity index (χ0v) is 17.3. The Bertz CT molecular complexity index is 1070. The predicted octanol–water partition coefficient (Wildman–Crippen LogP) is 3.96. The molecule has 0 saturated heterocycles. The summed E-state index contributed by atoms with van der Waals surface area (Å²) in [6.07, 6.45) is 6.80. The fourth-order valence-electron chi connectivity index (χ4n) is 4.75. The number of benzene rings is 1. The molecule has 1 aromatic heterocycles. The number of fused-ring (bicyclic) bond motifs is 2. The Balaban J connectivity index is 1.55. The minimum atomic E-state index is -0.437. The van der Waals surface area contributed by atoms with Crippen LogP contribution in [0.15, 0.2) is 53.3 Å². The Labute approximate surface area is 175 Å². The van der Waals surface area contributed by atoms with Gasteiger partial charge >= 0.3 is 0 Å². The fourth-order valence-corrected chi connectivity index (χ4v) is 4.75. The maximum absolute atomic E-state index is 13.0. The number of nitrogens with zero attached hydrogens (tertiary/aromatic N) is 2. The van der Waals surface area contributed by atoms with Gasteiger partial charge < -0.3 is 5.11 Å². The summed E-state index contributed by atoms with van der Waals surface area (Å²) in [7, 11) is 0. The van der Waals surface area contributed by atoms with Crippen molar-refractivity contribution in [3.63, 3.8) is 0 Å². The first-order valence-electron chi connectivity index (χ1n) is 10.1. The van der Waals surface area contributed by atoms with Crippen molar-refractivity contribution in [3.05, 3.63) is 65.0 Å². The van der Waals surface area contributed by atoms with Gasteiger partial charge in [-0.3, -0.25) is 14.6 Å². The molecule has 30 heavy (non-hydrogen) atoms. The van der Waals surface area contributed by atoms with E-state index in [1.54, 1.807) is 36.4 Å². The Morgan fingerprint density at radius 1 is 1.27 bits per heavy atom. The van der Waals surface area contributed by atoms with E-state index in [-0.39, 0.29) is 34.0 Å². The molecule has 0 spiro atoms. The van der Waals surface area contributed by atoms with Crippen LogP contribution in [0.3, 0.4) is 0 Å². The third-order valence-electron chi connectivity index (χ3n) is 7.01. The molecule has 154 valence electrons. The van der Waals surface area contributed by atoms with Crippen LogP contribution in [0, 0.1) is 16.7 Å². The van der Waals surface area contributed by atoms with E-state index in [1.165, 1.54) is 12.4 Å². The van der Waals surface area contributed by atoms with Crippen LogP contribution in [-0.4, -0.2) is 28.0 Å². The number of nitrogens with one attached hydrogen (secondary N) is 1. The van der Waals surface area contributed by atoms with E-state index in [4.69, 9.17) is 0 Å². The highest BCUT2D eigenvalue weighted by molar-refractivity contribution is 6.08. The van der Waals surface area contributed by atoms with Gasteiger partial charge in [-0.15, -0.1) is 0 Å². The summed E-state index contributed by atoms with van der Waals surface area (Å²) in [5.41, 5.74) is 4.44. The molecule has 2 N–H and O–H groups in total. The summed E-state index contributed by atoms with van der Waals surface area (Å²) < 4.78 is 0. The number of allylic oxidation sites excluding steroid dienone is 1. The number of Topliss-reactive ketones (excluding diaryl/α,β-unsaturated/α-hetero) is 1. The van der Waals surface area contributed by atoms with Gasteiger partial charge in [-0.25, -0.2) is 5.43 Å². The molecular formula is C24H25N3O3. The minimum Gasteiger partial charge on any atom is -0.507 e. The zero-order valence-electron chi connectivity index (χ0n) is 17.3. The number of rotatable bonds is 4. The SMILES string of the molecule is CC12CCC(/C(=C/c3ccc(O)c(/C=N/NC(=O)c4ccccn4)c3)C1=O)C2(C)C. The molecule has 2 aliphatic carbocycles. The Hall–Kier alpha value is -3.28. The topological polar surface area (TPSA) is 91.7 Å². The van der Waals surface area contributed by atoms with Crippen LogP contribution in [0.2, 0.25) is 0 Å². The lowest BCUT2D eigenvalue weighted by atomic mass is 9.70. The molecule has 1 heterocycles. The molecule has 1 amide bonds. The van der Waals surface area contributed by atoms with Crippen LogP contribution in [0.1, 0.15) is 55.2 Å². The minimum absolute atomic E-state index is 0.0412. The predicted molar refractivity (Wildman–Crippen MR) is 115 cm³/mol. The molecule has 0 radical (unpaired) electrons. The largest absolute Gasteiger partial charge is 0.507 e. The van der Waals surface area contributed by atoms with Crippen molar-refractivity contribution in [2.75, 3.05) is 0 Å². The summed E-state index contributed by atoms with van der Waals surface area (Å²) in [5.74, 6) is 0.0838. The smallest absolute Gasteiger partial charge is 0.289 e. The fraction of sp³-hybridized carbons (Fsp3) is 0.333. The lowest BCUT2D eigenvalue weighted by Gasteiger charge is -2.31. The molecule has 2 fully saturated rings. The lowest BCUT2D eigenvalue weighted by molar-refractivity contribution is -0.125. The molecule has 6 nitrogen and oxygen atoms in total. The molecule has 2 saturated carbocycles. The molecule has 4 rings (SSSR count). The highest BCUT2D eigenvalue weighted by Gasteiger charge is 2.63. The van der Waals surface area contributed by atoms with Gasteiger partial charge in [0.1, 0.15) is 11.4 Å². The number of ketones is 1. The van der Waals surface area contributed by atoms with E-state index < -0.39 is 5.91 Å². The molecule has 0 aliphatic heterocycles. The molecule has 2 bridgehead atoms. The molecular weight excluding hydrogens is 378 g/mol. The van der Waals surface area contributed by atoms with Gasteiger partial charge in [0, 0.05) is 17.2 Å². The van der Waals surface area contributed by atoms with E-state index in [2.05, 4.69) is 36.3 Å². The maximum Gasteiger partial charge on any atom is 0.289 e. The standard InChI is InChI=1S/C24H25N3O3/c1-23(2)18-9-10-24(23,3)21(29)17(18)13-15-7-8-20(28)16(12-15)14-26-27-22(30)19-6-4-5-11-25-19/h4-8,11-14,18,28H,9-10H2,1-3H3,(H,27,30)/b17-13-,26-14+. The second-order valence-corrected chi connectivity index (χ2v) is 8.81. The summed E-state index contributed by atoms with van der Waals surface area (Å²) in [6, 6.07) is 10.1. The summed E-state index contributed by atoms with van der Waals surface area (Å²) in [6.45, 7) is 6.44. The molecule has 2 atom stereocenters. The number of aromatic nitrogens is 1. The van der Waals surface area contributed by atoms with Crippen molar-refractivity contribution in [2.24, 2.45) is 21.8 Å². The van der Waals surface area contributed by atoms with Crippen molar-refractivity contribution in [3.8, 4) is 5.75 Å². The summed E-state index contributed by atoms with van der Waals surface area (Å²) in [5, 5.41) is 14.1. The second-order valence-electron chi connectivity index (χ2n) is 8.81. The van der Waals surface area contributed by atoms with Gasteiger partial charge in [0.15, 0.2) is 5.78 Å². The number of pyridine rings is 1. The van der Waals surface area contributed by atoms with Crippen molar-refractivity contribution in [1.29, 1.82) is 0 Å². The van der Waals surface area contributed by atoms with Crippen LogP contribution < -0.4 is 5.43 Å². The summed E-state index contributed by atoms with van der Waals surface area (Å²) in [4.78, 5) is 29.0. The number of carbonyl (C=O) groups excluding carboxylic acids is 2. The number of hydrogen-bond donors (Lipinski definition) is 2. The van der Waals surface area contributed by atoms with Crippen molar-refractivity contribution < 1.29 is 14.7 Å². The highest BCUT2D eigenvalue weighted by Crippen LogP contribution is 2.65. The zero-order chi connectivity index (χ0) is 21.5. The van der Waals surface area contributed by atoms with Crippen LogP contribution in [0.25, 0.3) is 6.08 Å². The van der Waals surface area contributed by atoms with Gasteiger partial charge in [-0.2, -0.15) is 5.10 Å². The second kappa shape index (κ2) is 7.20. The van der Waals surface area contributed by atoms with Gasteiger partial charge in [-0.05, 0) is 65.7 Å². The van der Waals surface area contributed by atoms with Gasteiger partial charge in [0.25, 0.3) is 5.91 Å². The van der Waals surface area contributed by atoms with E-state index in [0.29, 0.717) is 5.56 Å². The lowest BCUT2D eigenvalue weighted by Crippen LogP contribution is -2.32. The molecule has 2 aromatic rings. The monoisotopic (exact) mass is 403 g/mol. The maximum atomic E-state index is 13.0. The van der Waals surface area contributed by atoms with Crippen molar-refractivity contribution in [1.82, 2.24) is 10.4 Å². The van der Waals surface area contributed by atoms with E-state index >= 15 is 0 Å². The van der Waals surface area contributed by atoms with Gasteiger partial charge in [0.2, 0.25) is 0 Å². The number of carbonyl (C=O) groups is 2. The number of amides is 1. The Kier molecular flexibility index (Phi) is 4.80. The molecule has 6 heteroatoms. The van der Waals surface area contributed by atoms with E-state index in [0.717, 1.165) is 24.0 Å². The van der Waals surface area contributed by atoms with E-state index in [9.17, 15) is 14.7 Å². The highest BCUT2D eigenvalue weighted by atomic mass is 16.3. The normalized spacial score (nSPS) is 25.9. The van der Waals surface area contributed by atoms with Crippen LogP contribution in [0.4, 0.5) is 0 Å². The molecule has 2 unspecified atom stereocenters. The van der Waals surface area contributed by atoms with Crippen molar-refractivity contribution >= 4 is 24.0 Å². The number of aromatic hydroxyl groups is 1. The third kappa shape index (κ3) is 3.12. The summed E-state index contributed by atoms with van der Waals surface area (Å²) >= 11 is 0. The molecule has 1 aromatic carbocycles. The van der Waals surface area contributed by atoms with Crippen molar-refractivity contribution in [2.45, 2.75) is 33.6 Å². The van der Waals surface area contributed by atoms with Gasteiger partial charge in [0.05, 0.1) is 6.21 Å². The van der Waals surface area contributed by atoms with Crippen LogP contribution >= 0.6 is 0 Å². The van der Waals surface area contributed by atoms with Crippen LogP contribution in [-0.2, 0) is 4.79 Å². The number of phenols is 1. The first-order chi connectivity index (χ1) is 14.2. The number of hydrogen-bond acceptors (Lipinski definition) is 5. The average molecular weight is 403 g/mol. The Morgan fingerprint density at radius 2 is 2.07 bits per heavy atom. The number of hydrazone groups is 1. The van der Waals surface area contributed by atoms with E-state index in [1.807, 2.05) is 6.08 Å². The first kappa shape index (κ1) is 20.0. The Morgan fingerprint density at radius 3 is 2.73 bits per heavy atom. The first-order valence-corrected chi connectivity index (χ1v) is 10.1. The average Bonchev–Trinajstić information content (AvgIpc) is 3.04. The van der Waals surface area contributed by atoms with Gasteiger partial charge in [-0.1, -0.05) is 32.9 Å². The number of phenolic OH excluding ortho intramolecular Hbond substituents is 1. The third-order valence-corrected chi connectivity index (χ3v) is 7.01. The quantitative estimate of drug-likeness (QED) is 0.459. The molecule has 2 aliphatic rings.